The maximum atomic E-state index is 13.2. The molecule has 0 aliphatic rings. The SMILES string of the molecule is CNCCCS(=O)(=O)Nc1c(F)cc(F)cc1F. The van der Waals surface area contributed by atoms with Crippen LogP contribution < -0.4 is 10.0 Å². The van der Waals surface area contributed by atoms with Crippen molar-refractivity contribution in [3.05, 3.63) is 29.6 Å². The van der Waals surface area contributed by atoms with E-state index in [-0.39, 0.29) is 12.2 Å². The first-order valence-electron chi connectivity index (χ1n) is 5.15. The van der Waals surface area contributed by atoms with Crippen molar-refractivity contribution in [2.45, 2.75) is 6.42 Å². The van der Waals surface area contributed by atoms with Crippen LogP contribution in [0.3, 0.4) is 0 Å². The Kier molecular flexibility index (Phi) is 4.97. The largest absolute Gasteiger partial charge is 0.320 e. The highest BCUT2D eigenvalue weighted by molar-refractivity contribution is 7.92. The fraction of sp³-hybridized carbons (Fsp3) is 0.400. The van der Waals surface area contributed by atoms with E-state index in [1.807, 2.05) is 0 Å². The number of sulfonamides is 1. The molecule has 4 nitrogen and oxygen atoms in total. The van der Waals surface area contributed by atoms with Crippen molar-refractivity contribution in [2.24, 2.45) is 0 Å². The number of hydrogen-bond acceptors (Lipinski definition) is 3. The Morgan fingerprint density at radius 3 is 2.22 bits per heavy atom. The molecule has 102 valence electrons. The minimum absolute atomic E-state index is 0.288. The lowest BCUT2D eigenvalue weighted by Crippen LogP contribution is -2.21. The fourth-order valence-corrected chi connectivity index (χ4v) is 2.42. The Labute approximate surface area is 103 Å². The van der Waals surface area contributed by atoms with Crippen molar-refractivity contribution >= 4 is 15.7 Å². The number of anilines is 1. The topological polar surface area (TPSA) is 58.2 Å². The molecule has 0 aliphatic carbocycles. The van der Waals surface area contributed by atoms with Crippen LogP contribution in [0.1, 0.15) is 6.42 Å². The summed E-state index contributed by atoms with van der Waals surface area (Å²) < 4.78 is 63.8. The van der Waals surface area contributed by atoms with Gasteiger partial charge in [-0.3, -0.25) is 4.72 Å². The summed E-state index contributed by atoms with van der Waals surface area (Å²) in [4.78, 5) is 0. The van der Waals surface area contributed by atoms with Crippen LogP contribution >= 0.6 is 0 Å². The van der Waals surface area contributed by atoms with Crippen LogP contribution in [-0.4, -0.2) is 27.8 Å². The lowest BCUT2D eigenvalue weighted by atomic mass is 10.3. The molecule has 0 atom stereocenters. The lowest BCUT2D eigenvalue weighted by molar-refractivity contribution is 0.547. The van der Waals surface area contributed by atoms with Gasteiger partial charge in [0, 0.05) is 12.1 Å². The maximum absolute atomic E-state index is 13.2. The molecule has 0 bridgehead atoms. The first kappa shape index (κ1) is 14.8. The number of nitrogens with one attached hydrogen (secondary N) is 2. The predicted octanol–water partition coefficient (Wildman–Crippen LogP) is 1.46. The molecular weight excluding hydrogens is 269 g/mol. The summed E-state index contributed by atoms with van der Waals surface area (Å²) in [6, 6.07) is 0.822. The molecule has 18 heavy (non-hydrogen) atoms. The Hall–Kier alpha value is -1.28. The molecule has 1 rings (SSSR count). The van der Waals surface area contributed by atoms with E-state index in [0.29, 0.717) is 18.7 Å². The molecule has 1 aromatic carbocycles. The molecule has 1 aromatic rings. The maximum Gasteiger partial charge on any atom is 0.232 e. The predicted molar refractivity (Wildman–Crippen MR) is 62.3 cm³/mol. The zero-order chi connectivity index (χ0) is 13.8. The Bertz CT molecular complexity index is 497. The molecule has 0 amide bonds. The van der Waals surface area contributed by atoms with Gasteiger partial charge in [0.15, 0.2) is 11.6 Å². The zero-order valence-corrected chi connectivity index (χ0v) is 10.5. The smallest absolute Gasteiger partial charge is 0.232 e. The molecular formula is C10H13F3N2O2S. The normalized spacial score (nSPS) is 11.6. The van der Waals surface area contributed by atoms with E-state index in [1.165, 1.54) is 0 Å². The van der Waals surface area contributed by atoms with Gasteiger partial charge in [-0.25, -0.2) is 21.6 Å². The summed E-state index contributed by atoms with van der Waals surface area (Å²) >= 11 is 0. The molecule has 0 aliphatic heterocycles. The minimum atomic E-state index is -3.86. The van der Waals surface area contributed by atoms with Gasteiger partial charge in [0.25, 0.3) is 0 Å². The second-order valence-corrected chi connectivity index (χ2v) is 5.46. The van der Waals surface area contributed by atoms with E-state index in [0.717, 1.165) is 0 Å². The van der Waals surface area contributed by atoms with E-state index >= 15 is 0 Å². The summed E-state index contributed by atoms with van der Waals surface area (Å²) in [5.41, 5.74) is -0.860. The van der Waals surface area contributed by atoms with Gasteiger partial charge in [-0.15, -0.1) is 0 Å². The van der Waals surface area contributed by atoms with Gasteiger partial charge < -0.3 is 5.32 Å². The van der Waals surface area contributed by atoms with Crippen LogP contribution in [0.15, 0.2) is 12.1 Å². The fourth-order valence-electron chi connectivity index (χ4n) is 1.29. The van der Waals surface area contributed by atoms with Gasteiger partial charge in [-0.1, -0.05) is 0 Å². The third-order valence-electron chi connectivity index (χ3n) is 2.10. The van der Waals surface area contributed by atoms with E-state index < -0.39 is 33.2 Å². The highest BCUT2D eigenvalue weighted by Gasteiger charge is 2.17. The number of hydrogen-bond donors (Lipinski definition) is 2. The van der Waals surface area contributed by atoms with Crippen molar-refractivity contribution in [3.8, 4) is 0 Å². The Morgan fingerprint density at radius 2 is 1.72 bits per heavy atom. The first-order valence-corrected chi connectivity index (χ1v) is 6.80. The van der Waals surface area contributed by atoms with Gasteiger partial charge in [-0.2, -0.15) is 0 Å². The Balaban J connectivity index is 2.84. The van der Waals surface area contributed by atoms with Crippen molar-refractivity contribution in [1.82, 2.24) is 5.32 Å². The molecule has 2 N–H and O–H groups in total. The zero-order valence-electron chi connectivity index (χ0n) is 9.63. The molecule has 8 heteroatoms. The Morgan fingerprint density at radius 1 is 1.17 bits per heavy atom. The molecule has 0 unspecified atom stereocenters. The van der Waals surface area contributed by atoms with Crippen LogP contribution in [0.4, 0.5) is 18.9 Å². The highest BCUT2D eigenvalue weighted by Crippen LogP contribution is 2.21. The molecule has 0 heterocycles. The van der Waals surface area contributed by atoms with Crippen molar-refractivity contribution in [2.75, 3.05) is 24.1 Å². The average molecular weight is 282 g/mol. The van der Waals surface area contributed by atoms with Gasteiger partial charge >= 0.3 is 0 Å². The van der Waals surface area contributed by atoms with E-state index in [9.17, 15) is 21.6 Å². The lowest BCUT2D eigenvalue weighted by Gasteiger charge is -2.09. The third-order valence-corrected chi connectivity index (χ3v) is 3.45. The second kappa shape index (κ2) is 6.05. The van der Waals surface area contributed by atoms with Crippen LogP contribution in [0.2, 0.25) is 0 Å². The van der Waals surface area contributed by atoms with Crippen molar-refractivity contribution in [3.63, 3.8) is 0 Å². The van der Waals surface area contributed by atoms with Crippen molar-refractivity contribution in [1.29, 1.82) is 0 Å². The van der Waals surface area contributed by atoms with Crippen LogP contribution in [-0.2, 0) is 10.0 Å². The van der Waals surface area contributed by atoms with Gasteiger partial charge in [0.05, 0.1) is 5.75 Å². The van der Waals surface area contributed by atoms with Crippen LogP contribution in [0, 0.1) is 17.5 Å². The molecule has 0 spiro atoms. The summed E-state index contributed by atoms with van der Waals surface area (Å²) in [5.74, 6) is -3.97. The number of benzene rings is 1. The molecule has 0 fully saturated rings. The van der Waals surface area contributed by atoms with Crippen molar-refractivity contribution < 1.29 is 21.6 Å². The van der Waals surface area contributed by atoms with Gasteiger partial charge in [0.1, 0.15) is 11.5 Å². The average Bonchev–Trinajstić information content (AvgIpc) is 2.23. The van der Waals surface area contributed by atoms with E-state index in [4.69, 9.17) is 0 Å². The molecule has 0 aromatic heterocycles. The van der Waals surface area contributed by atoms with E-state index in [1.54, 1.807) is 11.8 Å². The molecule has 0 radical (unpaired) electrons. The highest BCUT2D eigenvalue weighted by atomic mass is 32.2. The third kappa shape index (κ3) is 4.19. The first-order chi connectivity index (χ1) is 8.35. The number of halogens is 3. The quantitative estimate of drug-likeness (QED) is 0.777. The van der Waals surface area contributed by atoms with Gasteiger partial charge in [0.2, 0.25) is 10.0 Å². The molecule has 0 saturated carbocycles. The molecule has 0 saturated heterocycles. The van der Waals surface area contributed by atoms with Gasteiger partial charge in [-0.05, 0) is 20.0 Å². The standard InChI is InChI=1S/C10H13F3N2O2S/c1-14-3-2-4-18(16,17)15-10-8(12)5-7(11)6-9(10)13/h5-6,14-15H,2-4H2,1H3. The monoisotopic (exact) mass is 282 g/mol. The summed E-state index contributed by atoms with van der Waals surface area (Å²) in [7, 11) is -2.21. The number of rotatable bonds is 6. The minimum Gasteiger partial charge on any atom is -0.320 e. The second-order valence-electron chi connectivity index (χ2n) is 3.62. The van der Waals surface area contributed by atoms with Crippen LogP contribution in [0.25, 0.3) is 0 Å². The summed E-state index contributed by atoms with van der Waals surface area (Å²) in [6.07, 6.45) is 0.288. The summed E-state index contributed by atoms with van der Waals surface area (Å²) in [5, 5.41) is 2.74. The van der Waals surface area contributed by atoms with E-state index in [2.05, 4.69) is 5.32 Å². The summed E-state index contributed by atoms with van der Waals surface area (Å²) in [6.45, 7) is 0.454. The van der Waals surface area contributed by atoms with Crippen LogP contribution in [0.5, 0.6) is 0 Å².